The molecule has 0 fully saturated rings. The number of hydrogen-bond donors (Lipinski definition) is 1. The second-order valence-electron chi connectivity index (χ2n) is 5.70. The Labute approximate surface area is 134 Å². The van der Waals surface area contributed by atoms with Gasteiger partial charge in [-0.1, -0.05) is 57.9 Å². The number of Topliss-reactive ketones (excluding diaryl/α,β-unsaturated/α-hetero) is 1. The van der Waals surface area contributed by atoms with E-state index in [0.29, 0.717) is 11.3 Å². The van der Waals surface area contributed by atoms with Crippen LogP contribution in [0.4, 0.5) is 5.69 Å². The Morgan fingerprint density at radius 1 is 1.05 bits per heavy atom. The fourth-order valence-corrected chi connectivity index (χ4v) is 2.68. The van der Waals surface area contributed by atoms with Crippen molar-refractivity contribution in [2.24, 2.45) is 0 Å². The number of halogens is 1. The quantitative estimate of drug-likeness (QED) is 0.258. The number of carbonyl (C=O) groups excluding carboxylic acids is 1. The number of nitrogen functional groups attached to an aromatic ring is 1. The van der Waals surface area contributed by atoms with Crippen molar-refractivity contribution in [1.82, 2.24) is 0 Å². The summed E-state index contributed by atoms with van der Waals surface area (Å²) < 4.78 is 0. The maximum absolute atomic E-state index is 11.7. The van der Waals surface area contributed by atoms with Crippen LogP contribution in [0.5, 0.6) is 0 Å². The first-order valence-electron chi connectivity index (χ1n) is 8.16. The van der Waals surface area contributed by atoms with Crippen LogP contribution in [0, 0.1) is 0 Å². The van der Waals surface area contributed by atoms with Gasteiger partial charge in [-0.3, -0.25) is 4.79 Å². The van der Waals surface area contributed by atoms with Gasteiger partial charge in [0.05, 0.1) is 5.88 Å². The number of hydrogen-bond acceptors (Lipinski definition) is 2. The molecule has 3 heteroatoms. The highest BCUT2D eigenvalue weighted by molar-refractivity contribution is 6.31. The first kappa shape index (κ1) is 18.0. The minimum absolute atomic E-state index is 0.00852. The minimum atomic E-state index is -0.0908. The summed E-state index contributed by atoms with van der Waals surface area (Å²) in [6.07, 6.45) is 11.5. The molecule has 0 unspecified atom stereocenters. The van der Waals surface area contributed by atoms with Gasteiger partial charge in [0.1, 0.15) is 0 Å². The van der Waals surface area contributed by atoms with Gasteiger partial charge in [-0.15, -0.1) is 11.6 Å². The van der Waals surface area contributed by atoms with Crippen molar-refractivity contribution in [1.29, 1.82) is 0 Å². The normalized spacial score (nSPS) is 10.8. The number of carbonyl (C=O) groups is 1. The number of alkyl halides is 1. The Kier molecular flexibility index (Phi) is 9.16. The Morgan fingerprint density at radius 2 is 1.67 bits per heavy atom. The third-order valence-corrected chi connectivity index (χ3v) is 4.10. The number of ketones is 1. The molecule has 0 heterocycles. The van der Waals surface area contributed by atoms with Crippen LogP contribution in [0.1, 0.15) is 74.2 Å². The molecular weight excluding hydrogens is 282 g/mol. The van der Waals surface area contributed by atoms with Gasteiger partial charge in [0.15, 0.2) is 5.78 Å². The lowest BCUT2D eigenvalue weighted by Crippen LogP contribution is -2.05. The molecule has 1 rings (SSSR count). The zero-order valence-corrected chi connectivity index (χ0v) is 13.9. The largest absolute Gasteiger partial charge is 0.398 e. The van der Waals surface area contributed by atoms with Crippen LogP contribution in [-0.4, -0.2) is 11.7 Å². The Bertz CT molecular complexity index is 431. The van der Waals surface area contributed by atoms with E-state index in [1.54, 1.807) is 0 Å². The molecule has 0 radical (unpaired) electrons. The molecule has 0 aliphatic carbocycles. The smallest absolute Gasteiger partial charge is 0.179 e. The maximum Gasteiger partial charge on any atom is 0.179 e. The molecule has 21 heavy (non-hydrogen) atoms. The predicted octanol–water partition coefficient (Wildman–Crippen LogP) is 5.37. The molecule has 0 saturated carbocycles. The third-order valence-electron chi connectivity index (χ3n) is 3.86. The van der Waals surface area contributed by atoms with E-state index in [1.165, 1.54) is 56.9 Å². The Balaban J connectivity index is 2.28. The van der Waals surface area contributed by atoms with Crippen LogP contribution < -0.4 is 5.73 Å². The van der Waals surface area contributed by atoms with E-state index in [1.807, 2.05) is 18.2 Å². The summed E-state index contributed by atoms with van der Waals surface area (Å²) in [5.74, 6) is -0.0993. The first-order chi connectivity index (χ1) is 10.2. The van der Waals surface area contributed by atoms with Gasteiger partial charge in [0, 0.05) is 11.3 Å². The number of rotatable bonds is 11. The SMILES string of the molecule is CCCCCCCCCCc1ccc(N)c(C(=O)CCl)c1. The third kappa shape index (κ3) is 6.99. The van der Waals surface area contributed by atoms with Crippen molar-refractivity contribution in [2.75, 3.05) is 11.6 Å². The van der Waals surface area contributed by atoms with Gasteiger partial charge in [0.25, 0.3) is 0 Å². The minimum Gasteiger partial charge on any atom is -0.398 e. The predicted molar refractivity (Wildman–Crippen MR) is 92.2 cm³/mol. The summed E-state index contributed by atoms with van der Waals surface area (Å²) in [5.41, 5.74) is 8.10. The lowest BCUT2D eigenvalue weighted by Gasteiger charge is -2.07. The lowest BCUT2D eigenvalue weighted by molar-refractivity contribution is 0.102. The highest BCUT2D eigenvalue weighted by Crippen LogP contribution is 2.18. The fraction of sp³-hybridized carbons (Fsp3) is 0.611. The number of nitrogens with two attached hydrogens (primary N) is 1. The average molecular weight is 310 g/mol. The molecular formula is C18H28ClNO. The molecule has 0 aromatic heterocycles. The maximum atomic E-state index is 11.7. The molecule has 0 saturated heterocycles. The van der Waals surface area contributed by atoms with Crippen LogP contribution in [0.15, 0.2) is 18.2 Å². The highest BCUT2D eigenvalue weighted by atomic mass is 35.5. The van der Waals surface area contributed by atoms with Crippen LogP contribution in [0.25, 0.3) is 0 Å². The van der Waals surface area contributed by atoms with E-state index in [2.05, 4.69) is 6.92 Å². The van der Waals surface area contributed by atoms with E-state index in [0.717, 1.165) is 6.42 Å². The topological polar surface area (TPSA) is 43.1 Å². The zero-order chi connectivity index (χ0) is 15.5. The molecule has 0 atom stereocenters. The summed E-state index contributed by atoms with van der Waals surface area (Å²) in [5, 5.41) is 0. The molecule has 118 valence electrons. The van der Waals surface area contributed by atoms with E-state index in [-0.39, 0.29) is 11.7 Å². The van der Waals surface area contributed by atoms with Crippen molar-refractivity contribution in [3.05, 3.63) is 29.3 Å². The molecule has 0 bridgehead atoms. The van der Waals surface area contributed by atoms with Gasteiger partial charge < -0.3 is 5.73 Å². The van der Waals surface area contributed by atoms with E-state index < -0.39 is 0 Å². The highest BCUT2D eigenvalue weighted by Gasteiger charge is 2.09. The van der Waals surface area contributed by atoms with Crippen molar-refractivity contribution in [2.45, 2.75) is 64.7 Å². The average Bonchev–Trinajstić information content (AvgIpc) is 2.50. The molecule has 0 aliphatic heterocycles. The number of benzene rings is 1. The molecule has 1 aromatic rings. The number of aryl methyl sites for hydroxylation is 1. The second-order valence-corrected chi connectivity index (χ2v) is 5.97. The summed E-state index contributed by atoms with van der Waals surface area (Å²) in [6, 6.07) is 5.74. The second kappa shape index (κ2) is 10.7. The van der Waals surface area contributed by atoms with E-state index in [4.69, 9.17) is 17.3 Å². The Hall–Kier alpha value is -1.02. The summed E-state index contributed by atoms with van der Waals surface area (Å²) >= 11 is 5.60. The van der Waals surface area contributed by atoms with Gasteiger partial charge in [-0.2, -0.15) is 0 Å². The zero-order valence-electron chi connectivity index (χ0n) is 13.2. The number of unbranched alkanes of at least 4 members (excludes halogenated alkanes) is 7. The van der Waals surface area contributed by atoms with Gasteiger partial charge in [-0.25, -0.2) is 0 Å². The monoisotopic (exact) mass is 309 g/mol. The first-order valence-corrected chi connectivity index (χ1v) is 8.70. The molecule has 2 N–H and O–H groups in total. The van der Waals surface area contributed by atoms with Crippen LogP contribution in [0.2, 0.25) is 0 Å². The van der Waals surface area contributed by atoms with Crippen LogP contribution in [-0.2, 0) is 6.42 Å². The summed E-state index contributed by atoms with van der Waals surface area (Å²) in [6.45, 7) is 2.25. The van der Waals surface area contributed by atoms with E-state index in [9.17, 15) is 4.79 Å². The number of anilines is 1. The molecule has 2 nitrogen and oxygen atoms in total. The van der Waals surface area contributed by atoms with Crippen molar-refractivity contribution >= 4 is 23.1 Å². The molecule has 1 aromatic carbocycles. The van der Waals surface area contributed by atoms with Crippen LogP contribution >= 0.6 is 11.6 Å². The standard InChI is InChI=1S/C18H28ClNO/c1-2-3-4-5-6-7-8-9-10-15-11-12-17(20)16(13-15)18(21)14-19/h11-13H,2-10,14,20H2,1H3. The summed E-state index contributed by atoms with van der Waals surface area (Å²) in [4.78, 5) is 11.7. The van der Waals surface area contributed by atoms with Crippen LogP contribution in [0.3, 0.4) is 0 Å². The van der Waals surface area contributed by atoms with Gasteiger partial charge in [0.2, 0.25) is 0 Å². The van der Waals surface area contributed by atoms with Gasteiger partial charge in [-0.05, 0) is 30.5 Å². The van der Waals surface area contributed by atoms with Crippen molar-refractivity contribution in [3.8, 4) is 0 Å². The van der Waals surface area contributed by atoms with Crippen molar-refractivity contribution < 1.29 is 4.79 Å². The molecule has 0 amide bonds. The Morgan fingerprint density at radius 3 is 2.29 bits per heavy atom. The summed E-state index contributed by atoms with van der Waals surface area (Å²) in [7, 11) is 0. The van der Waals surface area contributed by atoms with E-state index >= 15 is 0 Å². The fourth-order valence-electron chi connectivity index (χ4n) is 2.54. The lowest BCUT2D eigenvalue weighted by atomic mass is 10.0. The van der Waals surface area contributed by atoms with Crippen molar-refractivity contribution in [3.63, 3.8) is 0 Å². The molecule has 0 spiro atoms. The molecule has 0 aliphatic rings. The van der Waals surface area contributed by atoms with Gasteiger partial charge >= 0.3 is 0 Å².